The summed E-state index contributed by atoms with van der Waals surface area (Å²) in [5, 5.41) is 3.40. The van der Waals surface area contributed by atoms with Crippen LogP contribution in [0.5, 0.6) is 11.5 Å². The van der Waals surface area contributed by atoms with Crippen LogP contribution in [0.1, 0.15) is 22.3 Å². The van der Waals surface area contributed by atoms with Gasteiger partial charge < -0.3 is 10.1 Å². The molecule has 0 radical (unpaired) electrons. The van der Waals surface area contributed by atoms with Gasteiger partial charge in [-0.3, -0.25) is 0 Å². The summed E-state index contributed by atoms with van der Waals surface area (Å²) in [6, 6.07) is 8.24. The molecule has 2 nitrogen and oxygen atoms in total. The first-order valence-electron chi connectivity index (χ1n) is 6.88. The van der Waals surface area contributed by atoms with Gasteiger partial charge in [0.05, 0.1) is 0 Å². The minimum Gasteiger partial charge on any atom is -0.457 e. The lowest BCUT2D eigenvalue weighted by molar-refractivity contribution is 0.474. The Kier molecular flexibility index (Phi) is 4.84. The fourth-order valence-corrected chi connectivity index (χ4v) is 3.08. The largest absolute Gasteiger partial charge is 0.457 e. The summed E-state index contributed by atoms with van der Waals surface area (Å²) < 4.78 is 7.27. The number of halogens is 2. The van der Waals surface area contributed by atoms with E-state index >= 15 is 0 Å². The second kappa shape index (κ2) is 6.29. The molecule has 112 valence electrons. The first-order chi connectivity index (χ1) is 9.58. The van der Waals surface area contributed by atoms with Gasteiger partial charge >= 0.3 is 0 Å². The number of anilines is 1. The summed E-state index contributed by atoms with van der Waals surface area (Å²) in [4.78, 5) is 0. The predicted octanol–water partition coefficient (Wildman–Crippen LogP) is 5.56. The molecule has 2 aromatic rings. The highest BCUT2D eigenvalue weighted by atomic mass is 79.9. The summed E-state index contributed by atoms with van der Waals surface area (Å²) in [6.07, 6.45) is 1.08. The quantitative estimate of drug-likeness (QED) is 0.749. The second-order valence-corrected chi connectivity index (χ2v) is 6.14. The summed E-state index contributed by atoms with van der Waals surface area (Å²) in [7, 11) is 0. The van der Waals surface area contributed by atoms with Crippen LogP contribution >= 0.6 is 28.3 Å². The van der Waals surface area contributed by atoms with Gasteiger partial charge in [-0.25, -0.2) is 0 Å². The van der Waals surface area contributed by atoms with Gasteiger partial charge in [-0.1, -0.05) is 15.9 Å². The smallest absolute Gasteiger partial charge is 0.130 e. The van der Waals surface area contributed by atoms with Crippen molar-refractivity contribution in [2.75, 3.05) is 11.9 Å². The first-order valence-corrected chi connectivity index (χ1v) is 7.67. The van der Waals surface area contributed by atoms with Gasteiger partial charge in [0.15, 0.2) is 0 Å². The molecule has 0 aliphatic carbocycles. The van der Waals surface area contributed by atoms with E-state index in [1.165, 1.54) is 27.9 Å². The van der Waals surface area contributed by atoms with Crippen molar-refractivity contribution in [3.05, 3.63) is 51.0 Å². The maximum Gasteiger partial charge on any atom is 0.130 e. The summed E-state index contributed by atoms with van der Waals surface area (Å²) in [6.45, 7) is 7.36. The zero-order chi connectivity index (χ0) is 14.3. The molecule has 0 unspecified atom stereocenters. The lowest BCUT2D eigenvalue weighted by atomic mass is 10.0. The molecule has 0 saturated heterocycles. The summed E-state index contributed by atoms with van der Waals surface area (Å²) >= 11 is 3.56. The number of hydrogen-bond acceptors (Lipinski definition) is 2. The van der Waals surface area contributed by atoms with Gasteiger partial charge in [0.2, 0.25) is 0 Å². The molecule has 0 saturated carbocycles. The van der Waals surface area contributed by atoms with Crippen LogP contribution in [0, 0.1) is 20.8 Å². The Morgan fingerprint density at radius 3 is 2.38 bits per heavy atom. The average Bonchev–Trinajstić information content (AvgIpc) is 2.91. The minimum absolute atomic E-state index is 0. The maximum atomic E-state index is 6.15. The van der Waals surface area contributed by atoms with E-state index in [0.717, 1.165) is 28.9 Å². The molecule has 0 bridgehead atoms. The van der Waals surface area contributed by atoms with E-state index < -0.39 is 0 Å². The molecule has 1 N–H and O–H groups in total. The third-order valence-electron chi connectivity index (χ3n) is 4.13. The number of ether oxygens (including phenoxy) is 1. The van der Waals surface area contributed by atoms with Crippen LogP contribution < -0.4 is 10.1 Å². The molecule has 3 rings (SSSR count). The van der Waals surface area contributed by atoms with Crippen molar-refractivity contribution >= 4 is 34.0 Å². The van der Waals surface area contributed by atoms with Gasteiger partial charge in [-0.15, -0.1) is 12.4 Å². The van der Waals surface area contributed by atoms with Crippen molar-refractivity contribution in [1.82, 2.24) is 0 Å². The Morgan fingerprint density at radius 1 is 0.952 bits per heavy atom. The normalized spacial score (nSPS) is 12.4. The van der Waals surface area contributed by atoms with Crippen molar-refractivity contribution in [3.63, 3.8) is 0 Å². The molecule has 0 atom stereocenters. The highest BCUT2D eigenvalue weighted by Crippen LogP contribution is 2.36. The molecule has 1 heterocycles. The Balaban J connectivity index is 0.00000161. The van der Waals surface area contributed by atoms with Crippen molar-refractivity contribution in [3.8, 4) is 11.5 Å². The van der Waals surface area contributed by atoms with E-state index in [2.05, 4.69) is 54.2 Å². The molecular formula is C17H19BrClNO. The molecule has 4 heteroatoms. The van der Waals surface area contributed by atoms with Crippen molar-refractivity contribution in [1.29, 1.82) is 0 Å². The van der Waals surface area contributed by atoms with E-state index in [4.69, 9.17) is 4.74 Å². The molecule has 2 aromatic carbocycles. The minimum atomic E-state index is 0. The van der Waals surface area contributed by atoms with Crippen LogP contribution in [0.4, 0.5) is 5.69 Å². The van der Waals surface area contributed by atoms with Crippen LogP contribution in [0.25, 0.3) is 0 Å². The Labute approximate surface area is 140 Å². The lowest BCUT2D eigenvalue weighted by Gasteiger charge is -2.15. The SMILES string of the molecule is Cc1c(Br)ccc(Oc2ccc3c(c2C)CCN3)c1C.Cl. The molecule has 0 spiro atoms. The number of fused-ring (bicyclic) bond motifs is 1. The van der Waals surface area contributed by atoms with Crippen LogP contribution in [-0.2, 0) is 6.42 Å². The van der Waals surface area contributed by atoms with Gasteiger partial charge in [-0.2, -0.15) is 0 Å². The Morgan fingerprint density at radius 2 is 1.62 bits per heavy atom. The molecule has 0 aromatic heterocycles. The summed E-state index contributed by atoms with van der Waals surface area (Å²) in [5.41, 5.74) is 6.28. The van der Waals surface area contributed by atoms with E-state index in [9.17, 15) is 0 Å². The van der Waals surface area contributed by atoms with Crippen molar-refractivity contribution < 1.29 is 4.74 Å². The Bertz CT molecular complexity index is 685. The standard InChI is InChI=1S/C17H18BrNO.ClH/c1-10-11(2)16(6-4-14(10)18)20-17-7-5-15-13(12(17)3)8-9-19-15;/h4-7,19H,8-9H2,1-3H3;1H. The molecule has 0 amide bonds. The van der Waals surface area contributed by atoms with Gasteiger partial charge in [0, 0.05) is 16.7 Å². The van der Waals surface area contributed by atoms with Crippen LogP contribution in [0.3, 0.4) is 0 Å². The molecule has 1 aliphatic rings. The fourth-order valence-electron chi connectivity index (χ4n) is 2.65. The van der Waals surface area contributed by atoms with Crippen molar-refractivity contribution in [2.24, 2.45) is 0 Å². The molecule has 21 heavy (non-hydrogen) atoms. The second-order valence-electron chi connectivity index (χ2n) is 5.29. The van der Waals surface area contributed by atoms with E-state index in [1.54, 1.807) is 0 Å². The van der Waals surface area contributed by atoms with E-state index in [-0.39, 0.29) is 12.4 Å². The van der Waals surface area contributed by atoms with Crippen LogP contribution in [0.2, 0.25) is 0 Å². The average molecular weight is 369 g/mol. The number of rotatable bonds is 2. The van der Waals surface area contributed by atoms with Gasteiger partial charge in [-0.05, 0) is 73.7 Å². The zero-order valence-corrected chi connectivity index (χ0v) is 14.8. The molecular weight excluding hydrogens is 350 g/mol. The summed E-state index contributed by atoms with van der Waals surface area (Å²) in [5.74, 6) is 1.89. The Hall–Kier alpha value is -1.19. The van der Waals surface area contributed by atoms with E-state index in [1.807, 2.05) is 12.1 Å². The number of nitrogens with one attached hydrogen (secondary N) is 1. The van der Waals surface area contributed by atoms with Crippen molar-refractivity contribution in [2.45, 2.75) is 27.2 Å². The van der Waals surface area contributed by atoms with Crippen LogP contribution in [-0.4, -0.2) is 6.54 Å². The maximum absolute atomic E-state index is 6.15. The topological polar surface area (TPSA) is 21.3 Å². The third-order valence-corrected chi connectivity index (χ3v) is 4.99. The molecule has 1 aliphatic heterocycles. The van der Waals surface area contributed by atoms with Gasteiger partial charge in [0.25, 0.3) is 0 Å². The first kappa shape index (κ1) is 16.2. The highest BCUT2D eigenvalue weighted by molar-refractivity contribution is 9.10. The number of hydrogen-bond donors (Lipinski definition) is 1. The fraction of sp³-hybridized carbons (Fsp3) is 0.294. The zero-order valence-electron chi connectivity index (χ0n) is 12.4. The predicted molar refractivity (Wildman–Crippen MR) is 94.3 cm³/mol. The number of benzene rings is 2. The lowest BCUT2D eigenvalue weighted by Crippen LogP contribution is -1.95. The monoisotopic (exact) mass is 367 g/mol. The van der Waals surface area contributed by atoms with Gasteiger partial charge in [0.1, 0.15) is 11.5 Å². The van der Waals surface area contributed by atoms with Crippen LogP contribution in [0.15, 0.2) is 28.7 Å². The molecule has 0 fully saturated rings. The third kappa shape index (κ3) is 2.90. The van der Waals surface area contributed by atoms with E-state index in [0.29, 0.717) is 0 Å². The highest BCUT2D eigenvalue weighted by Gasteiger charge is 2.16.